The lowest BCUT2D eigenvalue weighted by atomic mass is 10.5. The fourth-order valence-electron chi connectivity index (χ4n) is 1.07. The van der Waals surface area contributed by atoms with E-state index in [2.05, 4.69) is 8.92 Å². The molecule has 0 aliphatic heterocycles. The van der Waals surface area contributed by atoms with Gasteiger partial charge in [-0.2, -0.15) is 8.42 Å². The molecule has 0 N–H and O–H groups in total. The highest BCUT2D eigenvalue weighted by Gasteiger charge is 2.26. The van der Waals surface area contributed by atoms with Crippen molar-refractivity contribution in [1.29, 1.82) is 0 Å². The first-order chi connectivity index (χ1) is 8.22. The Balaban J connectivity index is 4.43. The molecule has 0 amide bonds. The molecule has 0 aromatic heterocycles. The summed E-state index contributed by atoms with van der Waals surface area (Å²) in [6, 6.07) is 0. The first-order valence-electron chi connectivity index (χ1n) is 5.45. The number of rotatable bonds is 9. The van der Waals surface area contributed by atoms with E-state index in [1.807, 2.05) is 0 Å². The summed E-state index contributed by atoms with van der Waals surface area (Å²) < 4.78 is 48.0. The summed E-state index contributed by atoms with van der Waals surface area (Å²) in [7, 11) is -6.99. The van der Waals surface area contributed by atoms with Gasteiger partial charge in [-0.25, -0.2) is 0 Å². The smallest absolute Gasteiger partial charge is 0.306 e. The number of ether oxygens (including phenoxy) is 1. The number of esters is 1. The van der Waals surface area contributed by atoms with Gasteiger partial charge in [-0.3, -0.25) is 13.5 Å². The third kappa shape index (κ3) is 8.63. The lowest BCUT2D eigenvalue weighted by Gasteiger charge is -2.16. The molecule has 0 radical (unpaired) electrons. The third-order valence-corrected chi connectivity index (χ3v) is 4.67. The van der Waals surface area contributed by atoms with Gasteiger partial charge in [-0.15, -0.1) is 0 Å². The van der Waals surface area contributed by atoms with Crippen molar-refractivity contribution in [2.45, 2.75) is 20.3 Å². The Hall–Kier alpha value is -0.430. The second-order valence-electron chi connectivity index (χ2n) is 3.46. The van der Waals surface area contributed by atoms with Gasteiger partial charge in [0.05, 0.1) is 25.9 Å². The van der Waals surface area contributed by atoms with Crippen molar-refractivity contribution >= 4 is 23.5 Å². The van der Waals surface area contributed by atoms with Crippen LogP contribution in [0.25, 0.3) is 0 Å². The fraction of sp³-hybridized carbons (Fsp3) is 0.889. The third-order valence-electron chi connectivity index (χ3n) is 1.79. The van der Waals surface area contributed by atoms with Gasteiger partial charge in [0, 0.05) is 6.16 Å². The van der Waals surface area contributed by atoms with Gasteiger partial charge in [0.2, 0.25) is 7.37 Å². The molecule has 0 bridgehead atoms. The van der Waals surface area contributed by atoms with Crippen LogP contribution in [0.1, 0.15) is 20.3 Å². The number of carbonyl (C=O) groups is 1. The van der Waals surface area contributed by atoms with Crippen LogP contribution in [-0.2, 0) is 32.9 Å². The van der Waals surface area contributed by atoms with Crippen LogP contribution in [0.4, 0.5) is 0 Å². The Kier molecular flexibility index (Phi) is 7.70. The maximum atomic E-state index is 12.1. The Morgan fingerprint density at radius 2 is 1.83 bits per heavy atom. The molecule has 1 unspecified atom stereocenters. The Morgan fingerprint density at radius 3 is 2.28 bits per heavy atom. The van der Waals surface area contributed by atoms with E-state index >= 15 is 0 Å². The molecule has 0 aromatic rings. The summed E-state index contributed by atoms with van der Waals surface area (Å²) in [4.78, 5) is 11.1. The lowest BCUT2D eigenvalue weighted by Crippen LogP contribution is -2.12. The predicted molar refractivity (Wildman–Crippen MR) is 66.1 cm³/mol. The molecule has 108 valence electrons. The maximum Gasteiger partial charge on any atom is 0.306 e. The van der Waals surface area contributed by atoms with Crippen molar-refractivity contribution in [2.75, 3.05) is 32.0 Å². The zero-order valence-electron chi connectivity index (χ0n) is 10.7. The summed E-state index contributed by atoms with van der Waals surface area (Å²) >= 11 is 0. The van der Waals surface area contributed by atoms with Crippen molar-refractivity contribution in [3.63, 3.8) is 0 Å². The molecule has 0 fully saturated rings. The van der Waals surface area contributed by atoms with E-state index in [4.69, 9.17) is 4.52 Å². The van der Waals surface area contributed by atoms with Crippen LogP contribution in [0, 0.1) is 0 Å². The zero-order chi connectivity index (χ0) is 14.2. The van der Waals surface area contributed by atoms with Gasteiger partial charge in [-0.1, -0.05) is 0 Å². The van der Waals surface area contributed by atoms with Gasteiger partial charge < -0.3 is 9.26 Å². The first-order valence-corrected chi connectivity index (χ1v) is 9.26. The Bertz CT molecular complexity index is 403. The summed E-state index contributed by atoms with van der Waals surface area (Å²) in [6.07, 6.45) is 0.0984. The molecule has 0 rings (SSSR count). The molecule has 0 aromatic carbocycles. The lowest BCUT2D eigenvalue weighted by molar-refractivity contribution is -0.142. The second kappa shape index (κ2) is 7.89. The molecular weight excluding hydrogens is 283 g/mol. The number of hydrogen-bond donors (Lipinski definition) is 0. The summed E-state index contributed by atoms with van der Waals surface area (Å²) in [5, 5.41) is 0. The number of carbonyl (C=O) groups excluding carboxylic acids is 1. The Labute approximate surface area is 107 Å². The molecule has 0 saturated carbocycles. The molecule has 0 saturated heterocycles. The average Bonchev–Trinajstić information content (AvgIpc) is 2.24. The van der Waals surface area contributed by atoms with Crippen molar-refractivity contribution in [1.82, 2.24) is 0 Å². The molecule has 1 atom stereocenters. The van der Waals surface area contributed by atoms with E-state index in [1.54, 1.807) is 13.8 Å². The summed E-state index contributed by atoms with van der Waals surface area (Å²) in [5.74, 6) is -0.503. The standard InChI is InChI=1S/C9H19O7PS/c1-4-14-9(10)6-7-17(11,15-5-2)8-16-18(3,12)13/h4-8H2,1-3H3. The molecule has 0 spiro atoms. The largest absolute Gasteiger partial charge is 0.466 e. The fourth-order valence-corrected chi connectivity index (χ4v) is 3.81. The van der Waals surface area contributed by atoms with Gasteiger partial charge in [-0.05, 0) is 13.8 Å². The van der Waals surface area contributed by atoms with E-state index in [9.17, 15) is 17.8 Å². The van der Waals surface area contributed by atoms with Gasteiger partial charge in [0.15, 0.2) is 0 Å². The second-order valence-corrected chi connectivity index (χ2v) is 7.70. The van der Waals surface area contributed by atoms with Crippen molar-refractivity contribution in [2.24, 2.45) is 0 Å². The number of hydrogen-bond acceptors (Lipinski definition) is 7. The minimum atomic E-state index is -3.69. The van der Waals surface area contributed by atoms with Crippen LogP contribution >= 0.6 is 7.37 Å². The first kappa shape index (κ1) is 17.6. The monoisotopic (exact) mass is 302 g/mol. The van der Waals surface area contributed by atoms with Crippen LogP contribution in [-0.4, -0.2) is 46.4 Å². The van der Waals surface area contributed by atoms with E-state index in [-0.39, 0.29) is 25.8 Å². The van der Waals surface area contributed by atoms with Gasteiger partial charge >= 0.3 is 5.97 Å². The van der Waals surface area contributed by atoms with E-state index < -0.39 is 29.8 Å². The van der Waals surface area contributed by atoms with E-state index in [1.165, 1.54) is 0 Å². The highest BCUT2D eigenvalue weighted by atomic mass is 32.2. The molecule has 7 nitrogen and oxygen atoms in total. The normalized spacial score (nSPS) is 15.1. The van der Waals surface area contributed by atoms with Crippen LogP contribution in [0.15, 0.2) is 0 Å². The molecule has 9 heteroatoms. The minimum absolute atomic E-state index is 0.0990. The maximum absolute atomic E-state index is 12.1. The van der Waals surface area contributed by atoms with Crippen molar-refractivity contribution < 1.29 is 31.2 Å². The van der Waals surface area contributed by atoms with Gasteiger partial charge in [0.1, 0.15) is 6.35 Å². The van der Waals surface area contributed by atoms with E-state index in [0.29, 0.717) is 0 Å². The molecule has 18 heavy (non-hydrogen) atoms. The van der Waals surface area contributed by atoms with Crippen molar-refractivity contribution in [3.8, 4) is 0 Å². The van der Waals surface area contributed by atoms with E-state index in [0.717, 1.165) is 6.26 Å². The molecule has 0 aliphatic rings. The zero-order valence-corrected chi connectivity index (χ0v) is 12.5. The SMILES string of the molecule is CCOC(=O)CCP(=O)(COS(C)(=O)=O)OCC. The molecule has 0 aliphatic carbocycles. The van der Waals surface area contributed by atoms with Crippen LogP contribution in [0.3, 0.4) is 0 Å². The highest BCUT2D eigenvalue weighted by molar-refractivity contribution is 7.86. The molecule has 0 heterocycles. The minimum Gasteiger partial charge on any atom is -0.466 e. The summed E-state index contributed by atoms with van der Waals surface area (Å²) in [6.45, 7) is 3.66. The quantitative estimate of drug-likeness (QED) is 0.358. The van der Waals surface area contributed by atoms with Crippen LogP contribution in [0.2, 0.25) is 0 Å². The predicted octanol–water partition coefficient (Wildman–Crippen LogP) is 1.19. The highest BCUT2D eigenvalue weighted by Crippen LogP contribution is 2.47. The van der Waals surface area contributed by atoms with Gasteiger partial charge in [0.25, 0.3) is 10.1 Å². The van der Waals surface area contributed by atoms with Crippen LogP contribution < -0.4 is 0 Å². The van der Waals surface area contributed by atoms with Crippen LogP contribution in [0.5, 0.6) is 0 Å². The topological polar surface area (TPSA) is 96.0 Å². The average molecular weight is 302 g/mol. The molecular formula is C9H19O7PS. The summed E-state index contributed by atoms with van der Waals surface area (Å²) in [5.41, 5.74) is 0. The van der Waals surface area contributed by atoms with Crippen molar-refractivity contribution in [3.05, 3.63) is 0 Å². The Morgan fingerprint density at radius 1 is 1.22 bits per heavy atom.